The van der Waals surface area contributed by atoms with E-state index in [-0.39, 0.29) is 0 Å². The van der Waals surface area contributed by atoms with Gasteiger partial charge in [-0.05, 0) is 12.8 Å². The number of halogens is 1. The van der Waals surface area contributed by atoms with E-state index in [1.54, 1.807) is 6.20 Å². The summed E-state index contributed by atoms with van der Waals surface area (Å²) in [6, 6.07) is 0.505. The van der Waals surface area contributed by atoms with Gasteiger partial charge in [0.05, 0.1) is 6.20 Å². The molecule has 5 nitrogen and oxygen atoms in total. The predicted octanol–water partition coefficient (Wildman–Crippen LogP) is 2.57. The molecule has 18 heavy (non-hydrogen) atoms. The van der Waals surface area contributed by atoms with E-state index in [2.05, 4.69) is 20.3 Å². The van der Waals surface area contributed by atoms with E-state index in [1.807, 2.05) is 7.05 Å². The molecule has 1 aliphatic rings. The minimum absolute atomic E-state index is 0.398. The highest BCUT2D eigenvalue weighted by molar-refractivity contribution is 6.32. The molecule has 1 aliphatic carbocycles. The van der Waals surface area contributed by atoms with Gasteiger partial charge in [-0.1, -0.05) is 37.3 Å². The fourth-order valence-electron chi connectivity index (χ4n) is 2.49. The van der Waals surface area contributed by atoms with Gasteiger partial charge in [0, 0.05) is 13.1 Å². The highest BCUT2D eigenvalue weighted by atomic mass is 35.5. The van der Waals surface area contributed by atoms with E-state index in [9.17, 15) is 0 Å². The van der Waals surface area contributed by atoms with E-state index in [0.717, 1.165) is 5.82 Å². The summed E-state index contributed by atoms with van der Waals surface area (Å²) in [5.74, 6) is 6.49. The Kier molecular flexibility index (Phi) is 4.60. The molecule has 0 amide bonds. The standard InChI is InChI=1S/C12H20ClN5/c1-18(9-6-4-2-3-5-7-9)11-10(13)8-15-12(16-11)17-14/h8-9H,2-7,14H2,1H3,(H,15,16,17). The maximum absolute atomic E-state index is 6.17. The summed E-state index contributed by atoms with van der Waals surface area (Å²) in [5.41, 5.74) is 2.46. The average molecular weight is 270 g/mol. The van der Waals surface area contributed by atoms with E-state index < -0.39 is 0 Å². The number of nitrogens with two attached hydrogens (primary N) is 1. The number of anilines is 2. The van der Waals surface area contributed by atoms with Crippen LogP contribution in [0.1, 0.15) is 38.5 Å². The van der Waals surface area contributed by atoms with Crippen LogP contribution in [-0.2, 0) is 0 Å². The van der Waals surface area contributed by atoms with Crippen LogP contribution >= 0.6 is 11.6 Å². The first-order valence-electron chi connectivity index (χ1n) is 6.44. The van der Waals surface area contributed by atoms with Gasteiger partial charge in [-0.25, -0.2) is 10.8 Å². The number of rotatable bonds is 3. The molecular weight excluding hydrogens is 250 g/mol. The van der Waals surface area contributed by atoms with Crippen LogP contribution in [0.3, 0.4) is 0 Å². The molecule has 0 spiro atoms. The smallest absolute Gasteiger partial charge is 0.239 e. The monoisotopic (exact) mass is 269 g/mol. The highest BCUT2D eigenvalue weighted by Gasteiger charge is 2.20. The molecule has 2 rings (SSSR count). The van der Waals surface area contributed by atoms with Crippen molar-refractivity contribution >= 4 is 23.4 Å². The second kappa shape index (κ2) is 6.20. The number of nitrogens with zero attached hydrogens (tertiary/aromatic N) is 3. The summed E-state index contributed by atoms with van der Waals surface area (Å²) in [6.07, 6.45) is 9.20. The van der Waals surface area contributed by atoms with Crippen molar-refractivity contribution in [1.29, 1.82) is 0 Å². The number of nitrogen functional groups attached to an aromatic ring is 1. The molecule has 1 fully saturated rings. The maximum Gasteiger partial charge on any atom is 0.239 e. The summed E-state index contributed by atoms with van der Waals surface area (Å²) in [7, 11) is 2.05. The van der Waals surface area contributed by atoms with Gasteiger partial charge in [0.15, 0.2) is 5.82 Å². The summed E-state index contributed by atoms with van der Waals surface area (Å²) < 4.78 is 0. The molecule has 1 heterocycles. The zero-order chi connectivity index (χ0) is 13.0. The molecule has 0 unspecified atom stereocenters. The number of aromatic nitrogens is 2. The van der Waals surface area contributed by atoms with Crippen molar-refractivity contribution in [3.63, 3.8) is 0 Å². The molecule has 0 saturated heterocycles. The lowest BCUT2D eigenvalue weighted by atomic mass is 10.1. The van der Waals surface area contributed by atoms with Crippen molar-refractivity contribution in [2.45, 2.75) is 44.6 Å². The fourth-order valence-corrected chi connectivity index (χ4v) is 2.72. The second-order valence-electron chi connectivity index (χ2n) is 4.77. The number of nitrogens with one attached hydrogen (secondary N) is 1. The number of hydrogen-bond acceptors (Lipinski definition) is 5. The summed E-state index contributed by atoms with van der Waals surface area (Å²) in [4.78, 5) is 10.5. The van der Waals surface area contributed by atoms with Gasteiger partial charge in [-0.15, -0.1) is 0 Å². The number of hydrogen-bond donors (Lipinski definition) is 2. The molecule has 0 aliphatic heterocycles. The van der Waals surface area contributed by atoms with Crippen molar-refractivity contribution in [3.05, 3.63) is 11.2 Å². The largest absolute Gasteiger partial charge is 0.355 e. The van der Waals surface area contributed by atoms with Gasteiger partial charge >= 0.3 is 0 Å². The molecule has 1 aromatic heterocycles. The fraction of sp³-hybridized carbons (Fsp3) is 0.667. The molecule has 6 heteroatoms. The first kappa shape index (κ1) is 13.4. The predicted molar refractivity (Wildman–Crippen MR) is 74.7 cm³/mol. The summed E-state index contributed by atoms with van der Waals surface area (Å²) >= 11 is 6.17. The van der Waals surface area contributed by atoms with Gasteiger partial charge < -0.3 is 4.90 Å². The SMILES string of the molecule is CN(c1nc(NN)ncc1Cl)C1CCCCCC1. The second-order valence-corrected chi connectivity index (χ2v) is 5.17. The molecule has 3 N–H and O–H groups in total. The lowest BCUT2D eigenvalue weighted by molar-refractivity contribution is 0.549. The molecule has 0 radical (unpaired) electrons. The Morgan fingerprint density at radius 1 is 1.33 bits per heavy atom. The van der Waals surface area contributed by atoms with Crippen molar-refractivity contribution in [1.82, 2.24) is 9.97 Å². The normalized spacial score (nSPS) is 17.3. The van der Waals surface area contributed by atoms with Gasteiger partial charge in [0.1, 0.15) is 5.02 Å². The van der Waals surface area contributed by atoms with Crippen molar-refractivity contribution in [2.75, 3.05) is 17.4 Å². The average Bonchev–Trinajstić information content (AvgIpc) is 2.67. The van der Waals surface area contributed by atoms with Crippen LogP contribution < -0.4 is 16.2 Å². The van der Waals surface area contributed by atoms with Crippen LogP contribution in [0.25, 0.3) is 0 Å². The summed E-state index contributed by atoms with van der Waals surface area (Å²) in [6.45, 7) is 0. The molecule has 1 saturated carbocycles. The van der Waals surface area contributed by atoms with Gasteiger partial charge in [-0.2, -0.15) is 4.98 Å². The first-order chi connectivity index (χ1) is 8.72. The van der Waals surface area contributed by atoms with Gasteiger partial charge in [-0.3, -0.25) is 5.43 Å². The van der Waals surface area contributed by atoms with Crippen LogP contribution in [0.15, 0.2) is 6.20 Å². The van der Waals surface area contributed by atoms with Crippen LogP contribution in [0.4, 0.5) is 11.8 Å². The minimum Gasteiger partial charge on any atom is -0.355 e. The maximum atomic E-state index is 6.17. The lowest BCUT2D eigenvalue weighted by Gasteiger charge is -2.28. The van der Waals surface area contributed by atoms with Gasteiger partial charge in [0.25, 0.3) is 0 Å². The van der Waals surface area contributed by atoms with Crippen LogP contribution in [-0.4, -0.2) is 23.1 Å². The summed E-state index contributed by atoms with van der Waals surface area (Å²) in [5, 5.41) is 0.570. The van der Waals surface area contributed by atoms with Crippen LogP contribution in [0.5, 0.6) is 0 Å². The van der Waals surface area contributed by atoms with Crippen molar-refractivity contribution in [3.8, 4) is 0 Å². The van der Waals surface area contributed by atoms with Crippen LogP contribution in [0, 0.1) is 0 Å². The van der Waals surface area contributed by atoms with E-state index >= 15 is 0 Å². The first-order valence-corrected chi connectivity index (χ1v) is 6.82. The van der Waals surface area contributed by atoms with E-state index in [4.69, 9.17) is 17.4 Å². The van der Waals surface area contributed by atoms with Gasteiger partial charge in [0.2, 0.25) is 5.95 Å². The molecule has 100 valence electrons. The molecule has 1 aromatic rings. The van der Waals surface area contributed by atoms with Crippen LogP contribution in [0.2, 0.25) is 5.02 Å². The Bertz CT molecular complexity index is 390. The zero-order valence-corrected chi connectivity index (χ0v) is 11.5. The van der Waals surface area contributed by atoms with E-state index in [1.165, 1.54) is 38.5 Å². The van der Waals surface area contributed by atoms with Crippen molar-refractivity contribution in [2.24, 2.45) is 5.84 Å². The Hall–Kier alpha value is -1.07. The molecular formula is C12H20ClN5. The Morgan fingerprint density at radius 2 is 2.00 bits per heavy atom. The highest BCUT2D eigenvalue weighted by Crippen LogP contribution is 2.29. The Morgan fingerprint density at radius 3 is 2.61 bits per heavy atom. The quantitative estimate of drug-likeness (QED) is 0.502. The Labute approximate surface area is 113 Å². The third kappa shape index (κ3) is 3.03. The third-order valence-corrected chi connectivity index (χ3v) is 3.83. The molecule has 0 aromatic carbocycles. The van der Waals surface area contributed by atoms with Crippen molar-refractivity contribution < 1.29 is 0 Å². The zero-order valence-electron chi connectivity index (χ0n) is 10.7. The third-order valence-electron chi connectivity index (χ3n) is 3.56. The lowest BCUT2D eigenvalue weighted by Crippen LogP contribution is -2.32. The van der Waals surface area contributed by atoms with E-state index in [0.29, 0.717) is 17.0 Å². The topological polar surface area (TPSA) is 67.1 Å². The molecule has 0 bridgehead atoms. The molecule has 0 atom stereocenters. The minimum atomic E-state index is 0.398. The number of hydrazine groups is 1. The Balaban J connectivity index is 2.18.